The summed E-state index contributed by atoms with van der Waals surface area (Å²) in [4.78, 5) is 36.3. The summed E-state index contributed by atoms with van der Waals surface area (Å²) in [5.74, 6) is 1.06. The second-order valence-electron chi connectivity index (χ2n) is 13.2. The van der Waals surface area contributed by atoms with E-state index < -0.39 is 0 Å². The normalized spacial score (nSPS) is 44.7. The standard InChI is InChI=1S/C31H42O7/c1-5-6-7-25(34)37-27-26(19-8-11-24(33)35-17-19)30(4)15-13-22-23(31(30)28(27)38-31)10-9-20-16-21(36-18(2)32)12-14-29(20,22)3/h8,11,17,20-23,26-28H,5-7,9-10,12-16H2,1-4H3. The van der Waals surface area contributed by atoms with Crippen LogP contribution in [0.2, 0.25) is 0 Å². The first-order chi connectivity index (χ1) is 18.1. The van der Waals surface area contributed by atoms with Gasteiger partial charge in [-0.25, -0.2) is 4.79 Å². The lowest BCUT2D eigenvalue weighted by Gasteiger charge is -2.61. The quantitative estimate of drug-likeness (QED) is 0.355. The monoisotopic (exact) mass is 526 g/mol. The Labute approximate surface area is 225 Å². The van der Waals surface area contributed by atoms with Crippen molar-refractivity contribution in [1.82, 2.24) is 0 Å². The van der Waals surface area contributed by atoms with Gasteiger partial charge in [-0.3, -0.25) is 9.59 Å². The molecule has 1 aromatic heterocycles. The van der Waals surface area contributed by atoms with Crippen molar-refractivity contribution in [1.29, 1.82) is 0 Å². The summed E-state index contributed by atoms with van der Waals surface area (Å²) in [6.45, 7) is 8.37. The van der Waals surface area contributed by atoms with Crippen LogP contribution < -0.4 is 5.63 Å². The SMILES string of the molecule is CCCCC(=O)OC1C(c2ccc(=O)oc2)C2(C)CCC3C(CCC4CC(OC(C)=O)CCC43C)C23OC13. The maximum atomic E-state index is 12.9. The molecular weight excluding hydrogens is 484 g/mol. The van der Waals surface area contributed by atoms with E-state index in [1.807, 2.05) is 6.07 Å². The third kappa shape index (κ3) is 3.74. The number of carbonyl (C=O) groups is 2. The molecule has 5 fully saturated rings. The fourth-order valence-corrected chi connectivity index (χ4v) is 9.76. The fraction of sp³-hybridized carbons (Fsp3) is 0.774. The zero-order valence-corrected chi connectivity index (χ0v) is 23.2. The van der Waals surface area contributed by atoms with Crippen LogP contribution in [-0.4, -0.2) is 35.9 Å². The van der Waals surface area contributed by atoms with Crippen LogP contribution in [0.4, 0.5) is 0 Å². The molecular formula is C31H42O7. The minimum absolute atomic E-state index is 0.0366. The predicted molar refractivity (Wildman–Crippen MR) is 139 cm³/mol. The van der Waals surface area contributed by atoms with E-state index in [2.05, 4.69) is 20.8 Å². The Morgan fingerprint density at radius 2 is 1.87 bits per heavy atom. The summed E-state index contributed by atoms with van der Waals surface area (Å²) in [5, 5.41) is 0. The highest BCUT2D eigenvalue weighted by Crippen LogP contribution is 2.78. The van der Waals surface area contributed by atoms with Gasteiger partial charge in [0.1, 0.15) is 23.9 Å². The van der Waals surface area contributed by atoms with Crippen LogP contribution in [0.3, 0.4) is 0 Å². The van der Waals surface area contributed by atoms with Gasteiger partial charge in [0.2, 0.25) is 0 Å². The van der Waals surface area contributed by atoms with Crippen molar-refractivity contribution in [3.63, 3.8) is 0 Å². The Morgan fingerprint density at radius 1 is 1.05 bits per heavy atom. The van der Waals surface area contributed by atoms with Crippen LogP contribution in [0.5, 0.6) is 0 Å². The number of hydrogen-bond acceptors (Lipinski definition) is 7. The van der Waals surface area contributed by atoms with Gasteiger partial charge in [-0.2, -0.15) is 0 Å². The lowest BCUT2D eigenvalue weighted by atomic mass is 9.44. The minimum atomic E-state index is -0.374. The fourth-order valence-electron chi connectivity index (χ4n) is 9.76. The topological polar surface area (TPSA) is 95.3 Å². The number of unbranched alkanes of at least 4 members (excludes halogenated alkanes) is 1. The van der Waals surface area contributed by atoms with Gasteiger partial charge in [0.15, 0.2) is 0 Å². The van der Waals surface area contributed by atoms with E-state index in [0.29, 0.717) is 24.2 Å². The molecule has 1 spiro atoms. The molecule has 0 radical (unpaired) electrons. The Bertz CT molecular complexity index is 1140. The number of epoxide rings is 1. The van der Waals surface area contributed by atoms with Crippen molar-refractivity contribution in [3.05, 3.63) is 34.4 Å². The molecule has 208 valence electrons. The van der Waals surface area contributed by atoms with Crippen molar-refractivity contribution >= 4 is 11.9 Å². The van der Waals surface area contributed by atoms with Crippen molar-refractivity contribution in [2.24, 2.45) is 28.6 Å². The largest absolute Gasteiger partial charge is 0.463 e. The molecule has 1 aromatic rings. The maximum Gasteiger partial charge on any atom is 0.335 e. The second-order valence-corrected chi connectivity index (χ2v) is 13.2. The highest BCUT2D eigenvalue weighted by molar-refractivity contribution is 5.70. The van der Waals surface area contributed by atoms with Gasteiger partial charge < -0.3 is 18.6 Å². The third-order valence-electron chi connectivity index (χ3n) is 11.5. The molecule has 4 aliphatic carbocycles. The molecule has 1 aliphatic heterocycles. The van der Waals surface area contributed by atoms with Crippen LogP contribution in [-0.2, 0) is 23.8 Å². The smallest absolute Gasteiger partial charge is 0.335 e. The lowest BCUT2D eigenvalue weighted by molar-refractivity contribution is -0.167. The zero-order valence-electron chi connectivity index (χ0n) is 23.2. The van der Waals surface area contributed by atoms with E-state index >= 15 is 0 Å². The number of carbonyl (C=O) groups excluding carboxylic acids is 2. The summed E-state index contributed by atoms with van der Waals surface area (Å²) >= 11 is 0. The van der Waals surface area contributed by atoms with Crippen molar-refractivity contribution < 1.29 is 28.2 Å². The molecule has 38 heavy (non-hydrogen) atoms. The van der Waals surface area contributed by atoms with Gasteiger partial charge in [0, 0.05) is 30.7 Å². The molecule has 0 aromatic carbocycles. The molecule has 6 rings (SSSR count). The summed E-state index contributed by atoms with van der Waals surface area (Å²) in [5.41, 5.74) is 0.205. The van der Waals surface area contributed by atoms with Crippen molar-refractivity contribution in [2.75, 3.05) is 0 Å². The average molecular weight is 527 g/mol. The van der Waals surface area contributed by atoms with Gasteiger partial charge in [-0.05, 0) is 86.2 Å². The lowest BCUT2D eigenvalue weighted by Crippen LogP contribution is -2.58. The number of rotatable bonds is 6. The van der Waals surface area contributed by atoms with Crippen molar-refractivity contribution in [2.45, 2.75) is 122 Å². The zero-order chi connectivity index (χ0) is 26.9. The van der Waals surface area contributed by atoms with E-state index in [-0.39, 0.29) is 58.2 Å². The number of fused-ring (bicyclic) bond motifs is 3. The van der Waals surface area contributed by atoms with Crippen LogP contribution >= 0.6 is 0 Å². The molecule has 7 nitrogen and oxygen atoms in total. The third-order valence-corrected chi connectivity index (χ3v) is 11.5. The highest BCUT2D eigenvalue weighted by atomic mass is 16.7. The van der Waals surface area contributed by atoms with Gasteiger partial charge >= 0.3 is 17.6 Å². The maximum absolute atomic E-state index is 12.9. The van der Waals surface area contributed by atoms with Crippen LogP contribution in [0.25, 0.3) is 0 Å². The number of esters is 2. The molecule has 4 saturated carbocycles. The van der Waals surface area contributed by atoms with E-state index in [9.17, 15) is 14.4 Å². The molecule has 2 heterocycles. The Morgan fingerprint density at radius 3 is 2.58 bits per heavy atom. The average Bonchev–Trinajstić information content (AvgIpc) is 3.58. The van der Waals surface area contributed by atoms with Crippen LogP contribution in [0, 0.1) is 28.6 Å². The Kier molecular flexibility index (Phi) is 6.32. The number of hydrogen-bond donors (Lipinski definition) is 0. The molecule has 5 aliphatic rings. The van der Waals surface area contributed by atoms with Gasteiger partial charge in [0.05, 0.1) is 6.26 Å². The summed E-state index contributed by atoms with van der Waals surface area (Å²) in [6.07, 6.45) is 10.5. The molecule has 10 unspecified atom stereocenters. The van der Waals surface area contributed by atoms with Crippen LogP contribution in [0.1, 0.15) is 103 Å². The molecule has 0 N–H and O–H groups in total. The predicted octanol–water partition coefficient (Wildman–Crippen LogP) is 5.54. The highest BCUT2D eigenvalue weighted by Gasteiger charge is 2.84. The van der Waals surface area contributed by atoms with Gasteiger partial charge in [-0.1, -0.05) is 27.2 Å². The van der Waals surface area contributed by atoms with E-state index in [4.69, 9.17) is 18.6 Å². The first-order valence-corrected chi connectivity index (χ1v) is 14.8. The second kappa shape index (κ2) is 9.21. The summed E-state index contributed by atoms with van der Waals surface area (Å²) in [7, 11) is 0. The van der Waals surface area contributed by atoms with E-state index in [0.717, 1.165) is 63.4 Å². The Balaban J connectivity index is 1.32. The molecule has 1 saturated heterocycles. The number of ether oxygens (including phenoxy) is 3. The molecule has 0 amide bonds. The molecule has 10 atom stereocenters. The first-order valence-electron chi connectivity index (χ1n) is 14.8. The first kappa shape index (κ1) is 26.1. The van der Waals surface area contributed by atoms with Crippen LogP contribution in [0.15, 0.2) is 27.6 Å². The van der Waals surface area contributed by atoms with E-state index in [1.54, 1.807) is 6.26 Å². The minimum Gasteiger partial charge on any atom is -0.463 e. The van der Waals surface area contributed by atoms with Gasteiger partial charge in [-0.15, -0.1) is 0 Å². The van der Waals surface area contributed by atoms with Crippen molar-refractivity contribution in [3.8, 4) is 0 Å². The molecule has 0 bridgehead atoms. The van der Waals surface area contributed by atoms with Gasteiger partial charge in [0.25, 0.3) is 0 Å². The summed E-state index contributed by atoms with van der Waals surface area (Å²) in [6, 6.07) is 3.33. The molecule has 7 heteroatoms. The summed E-state index contributed by atoms with van der Waals surface area (Å²) < 4.78 is 24.0. The Hall–Kier alpha value is -2.15. The van der Waals surface area contributed by atoms with E-state index in [1.165, 1.54) is 13.0 Å².